The Hall–Kier alpha value is -1.69. The van der Waals surface area contributed by atoms with E-state index in [0.29, 0.717) is 5.89 Å². The van der Waals surface area contributed by atoms with Gasteiger partial charge in [-0.05, 0) is 19.1 Å². The number of nitrogens with zero attached hydrogens (tertiary/aromatic N) is 2. The minimum Gasteiger partial charge on any atom is -0.424 e. The highest BCUT2D eigenvalue weighted by atomic mass is 32.2. The van der Waals surface area contributed by atoms with Gasteiger partial charge in [0.1, 0.15) is 5.75 Å². The monoisotopic (exact) mass is 252 g/mol. The maximum Gasteiger partial charge on any atom is 0.231 e. The van der Waals surface area contributed by atoms with Crippen molar-refractivity contribution in [3.8, 4) is 0 Å². The van der Waals surface area contributed by atoms with Crippen LogP contribution in [-0.4, -0.2) is 18.6 Å². The van der Waals surface area contributed by atoms with E-state index in [1.807, 2.05) is 6.92 Å². The smallest absolute Gasteiger partial charge is 0.231 e. The number of aromatic nitrogens is 2. The van der Waals surface area contributed by atoms with Crippen molar-refractivity contribution < 1.29 is 12.8 Å². The van der Waals surface area contributed by atoms with Crippen LogP contribution in [0.15, 0.2) is 33.6 Å². The summed E-state index contributed by atoms with van der Waals surface area (Å²) in [5.41, 5.74) is 1.01. The van der Waals surface area contributed by atoms with Crippen molar-refractivity contribution in [3.63, 3.8) is 0 Å². The van der Waals surface area contributed by atoms with E-state index in [1.54, 1.807) is 31.2 Å². The highest BCUT2D eigenvalue weighted by Gasteiger charge is 2.18. The third-order valence-electron chi connectivity index (χ3n) is 2.26. The van der Waals surface area contributed by atoms with Gasteiger partial charge in [0.2, 0.25) is 11.8 Å². The summed E-state index contributed by atoms with van der Waals surface area (Å²) in [6.07, 6.45) is 0. The van der Waals surface area contributed by atoms with Crippen molar-refractivity contribution in [1.29, 1.82) is 0 Å². The van der Waals surface area contributed by atoms with E-state index in [-0.39, 0.29) is 16.5 Å². The quantitative estimate of drug-likeness (QED) is 0.830. The number of rotatable bonds is 3. The molecule has 0 bridgehead atoms. The second kappa shape index (κ2) is 4.29. The summed E-state index contributed by atoms with van der Waals surface area (Å²) in [6.45, 7) is 3.52. The maximum absolute atomic E-state index is 12.0. The summed E-state index contributed by atoms with van der Waals surface area (Å²) in [5.74, 6) is 0.207. The van der Waals surface area contributed by atoms with Crippen molar-refractivity contribution in [2.24, 2.45) is 0 Å². The molecule has 0 saturated heterocycles. The first-order valence-electron chi connectivity index (χ1n) is 5.06. The van der Waals surface area contributed by atoms with Gasteiger partial charge < -0.3 is 4.42 Å². The van der Waals surface area contributed by atoms with E-state index < -0.39 is 9.84 Å². The van der Waals surface area contributed by atoms with Crippen LogP contribution >= 0.6 is 0 Å². The molecule has 6 heteroatoms. The molecule has 0 aliphatic heterocycles. The van der Waals surface area contributed by atoms with Gasteiger partial charge >= 0.3 is 0 Å². The van der Waals surface area contributed by atoms with Crippen molar-refractivity contribution in [3.05, 3.63) is 41.6 Å². The molecule has 0 amide bonds. The SMILES string of the molecule is Cc1ccc(S(=O)(=O)Cc2nnc(C)o2)cc1. The van der Waals surface area contributed by atoms with Crippen LogP contribution in [0.1, 0.15) is 17.3 Å². The molecule has 1 heterocycles. The first-order valence-corrected chi connectivity index (χ1v) is 6.71. The molecule has 0 aliphatic rings. The molecule has 2 rings (SSSR count). The Bertz CT molecular complexity index is 614. The third kappa shape index (κ3) is 2.71. The van der Waals surface area contributed by atoms with E-state index in [9.17, 15) is 8.42 Å². The van der Waals surface area contributed by atoms with Crippen LogP contribution < -0.4 is 0 Å². The van der Waals surface area contributed by atoms with Gasteiger partial charge in [0.15, 0.2) is 9.84 Å². The largest absolute Gasteiger partial charge is 0.424 e. The zero-order valence-corrected chi connectivity index (χ0v) is 10.4. The number of benzene rings is 1. The zero-order valence-electron chi connectivity index (χ0n) is 9.54. The van der Waals surface area contributed by atoms with Crippen LogP contribution in [0.5, 0.6) is 0 Å². The summed E-state index contributed by atoms with van der Waals surface area (Å²) < 4.78 is 29.1. The molecule has 0 spiro atoms. The summed E-state index contributed by atoms with van der Waals surface area (Å²) in [7, 11) is -3.41. The second-order valence-electron chi connectivity index (χ2n) is 3.79. The lowest BCUT2D eigenvalue weighted by Crippen LogP contribution is -2.05. The van der Waals surface area contributed by atoms with Gasteiger partial charge in [-0.1, -0.05) is 17.7 Å². The van der Waals surface area contributed by atoms with Gasteiger partial charge in [-0.3, -0.25) is 0 Å². The molecule has 17 heavy (non-hydrogen) atoms. The lowest BCUT2D eigenvalue weighted by Gasteiger charge is -2.01. The van der Waals surface area contributed by atoms with Gasteiger partial charge in [0.05, 0.1) is 4.90 Å². The lowest BCUT2D eigenvalue weighted by molar-refractivity contribution is 0.480. The normalized spacial score (nSPS) is 11.6. The summed E-state index contributed by atoms with van der Waals surface area (Å²) >= 11 is 0. The summed E-state index contributed by atoms with van der Waals surface area (Å²) in [6, 6.07) is 6.67. The Labute approximate surface area is 99.4 Å². The number of aryl methyl sites for hydroxylation is 2. The first kappa shape index (κ1) is 11.8. The second-order valence-corrected chi connectivity index (χ2v) is 5.78. The Morgan fingerprint density at radius 3 is 2.29 bits per heavy atom. The Kier molecular flexibility index (Phi) is 2.97. The Morgan fingerprint density at radius 1 is 1.12 bits per heavy atom. The Morgan fingerprint density at radius 2 is 1.76 bits per heavy atom. The maximum atomic E-state index is 12.0. The number of hydrogen-bond donors (Lipinski definition) is 0. The molecule has 0 unspecified atom stereocenters. The summed E-state index contributed by atoms with van der Waals surface area (Å²) in [5, 5.41) is 7.28. The third-order valence-corrected chi connectivity index (χ3v) is 3.88. The van der Waals surface area contributed by atoms with Crippen LogP contribution in [0.3, 0.4) is 0 Å². The van der Waals surface area contributed by atoms with Gasteiger partial charge in [-0.25, -0.2) is 8.42 Å². The molecule has 1 aromatic carbocycles. The van der Waals surface area contributed by atoms with Crippen molar-refractivity contribution in [2.75, 3.05) is 0 Å². The van der Waals surface area contributed by atoms with Gasteiger partial charge in [-0.15, -0.1) is 10.2 Å². The van der Waals surface area contributed by atoms with Crippen LogP contribution in [0, 0.1) is 13.8 Å². The molecule has 5 nitrogen and oxygen atoms in total. The molecule has 0 saturated carbocycles. The van der Waals surface area contributed by atoms with Gasteiger partial charge in [0, 0.05) is 6.92 Å². The Balaban J connectivity index is 2.28. The molecule has 90 valence electrons. The van der Waals surface area contributed by atoms with Crippen molar-refractivity contribution in [2.45, 2.75) is 24.5 Å². The number of sulfone groups is 1. The summed E-state index contributed by atoms with van der Waals surface area (Å²) in [4.78, 5) is 0.263. The van der Waals surface area contributed by atoms with Gasteiger partial charge in [0.25, 0.3) is 0 Å². The molecule has 0 atom stereocenters. The molecule has 1 aromatic heterocycles. The topological polar surface area (TPSA) is 73.1 Å². The number of hydrogen-bond acceptors (Lipinski definition) is 5. The molecular formula is C11H12N2O3S. The molecule has 0 fully saturated rings. The van der Waals surface area contributed by atoms with E-state index in [1.165, 1.54) is 0 Å². The fourth-order valence-corrected chi connectivity index (χ4v) is 2.55. The predicted octanol–water partition coefficient (Wildman–Crippen LogP) is 1.66. The average Bonchev–Trinajstić information content (AvgIpc) is 2.63. The molecule has 0 aliphatic carbocycles. The standard InChI is InChI=1S/C11H12N2O3S/c1-8-3-5-10(6-4-8)17(14,15)7-11-13-12-9(2)16-11/h3-6H,7H2,1-2H3. The molecule has 2 aromatic rings. The van der Waals surface area contributed by atoms with Crippen LogP contribution in [0.4, 0.5) is 0 Å². The van der Waals surface area contributed by atoms with E-state index >= 15 is 0 Å². The highest BCUT2D eigenvalue weighted by molar-refractivity contribution is 7.90. The molecular weight excluding hydrogens is 240 g/mol. The zero-order chi connectivity index (χ0) is 12.5. The van der Waals surface area contributed by atoms with E-state index in [0.717, 1.165) is 5.56 Å². The predicted molar refractivity (Wildman–Crippen MR) is 61.1 cm³/mol. The van der Waals surface area contributed by atoms with Gasteiger partial charge in [-0.2, -0.15) is 0 Å². The van der Waals surface area contributed by atoms with Crippen LogP contribution in [0.25, 0.3) is 0 Å². The van der Waals surface area contributed by atoms with Crippen molar-refractivity contribution >= 4 is 9.84 Å². The van der Waals surface area contributed by atoms with Crippen LogP contribution in [0.2, 0.25) is 0 Å². The molecule has 0 radical (unpaired) electrons. The molecule has 0 N–H and O–H groups in total. The minimum absolute atomic E-state index is 0.114. The van der Waals surface area contributed by atoms with Crippen LogP contribution in [-0.2, 0) is 15.6 Å². The minimum atomic E-state index is -3.41. The fourth-order valence-electron chi connectivity index (χ4n) is 1.39. The van der Waals surface area contributed by atoms with E-state index in [4.69, 9.17) is 4.42 Å². The fraction of sp³-hybridized carbons (Fsp3) is 0.273. The first-order chi connectivity index (χ1) is 7.97. The lowest BCUT2D eigenvalue weighted by atomic mass is 10.2. The van der Waals surface area contributed by atoms with E-state index in [2.05, 4.69) is 10.2 Å². The van der Waals surface area contributed by atoms with Crippen molar-refractivity contribution in [1.82, 2.24) is 10.2 Å². The highest BCUT2D eigenvalue weighted by Crippen LogP contribution is 2.16. The average molecular weight is 252 g/mol.